The van der Waals surface area contributed by atoms with Gasteiger partial charge in [-0.05, 0) is 49.7 Å². The Bertz CT molecular complexity index is 1230. The number of nitrogens with zero attached hydrogens (tertiary/aromatic N) is 3. The van der Waals surface area contributed by atoms with Gasteiger partial charge in [-0.1, -0.05) is 17.3 Å². The van der Waals surface area contributed by atoms with E-state index >= 15 is 0 Å². The van der Waals surface area contributed by atoms with Gasteiger partial charge in [0.25, 0.3) is 0 Å². The van der Waals surface area contributed by atoms with Crippen LogP contribution < -0.4 is 11.1 Å². The summed E-state index contributed by atoms with van der Waals surface area (Å²) in [6, 6.07) is 12.8. The standard InChI is InChI=1S/C21H20N4O4/c1-12(2)25-17-9-6-15(11-18(17)28-21(25)27)20-23-19(29-24-20)10-14-4-7-16(8-5-14)22-13(3)26/h4-9,11-12H,10H2,1-3H3,(H,22,26). The molecule has 0 aliphatic carbocycles. The number of aromatic nitrogens is 3. The van der Waals surface area contributed by atoms with Gasteiger partial charge in [-0.3, -0.25) is 9.36 Å². The molecule has 8 heteroatoms. The summed E-state index contributed by atoms with van der Waals surface area (Å²) in [5, 5.41) is 6.77. The average Bonchev–Trinajstić information content (AvgIpc) is 3.25. The number of carbonyl (C=O) groups excluding carboxylic acids is 1. The molecule has 1 amide bonds. The first-order chi connectivity index (χ1) is 13.9. The first-order valence-corrected chi connectivity index (χ1v) is 9.25. The molecular weight excluding hydrogens is 372 g/mol. The van der Waals surface area contributed by atoms with E-state index in [1.54, 1.807) is 10.6 Å². The Labute approximate surface area is 166 Å². The first-order valence-electron chi connectivity index (χ1n) is 9.25. The van der Waals surface area contributed by atoms with E-state index in [0.29, 0.717) is 29.3 Å². The fourth-order valence-corrected chi connectivity index (χ4v) is 3.19. The lowest BCUT2D eigenvalue weighted by molar-refractivity contribution is -0.114. The lowest BCUT2D eigenvalue weighted by atomic mass is 10.1. The highest BCUT2D eigenvalue weighted by atomic mass is 16.5. The van der Waals surface area contributed by atoms with Gasteiger partial charge in [0.1, 0.15) is 0 Å². The topological polar surface area (TPSA) is 103 Å². The third-order valence-electron chi connectivity index (χ3n) is 4.49. The Balaban J connectivity index is 1.56. The minimum atomic E-state index is -0.385. The second-order valence-electron chi connectivity index (χ2n) is 7.08. The largest absolute Gasteiger partial charge is 0.420 e. The Morgan fingerprint density at radius 3 is 2.62 bits per heavy atom. The number of rotatable bonds is 5. The van der Waals surface area contributed by atoms with Crippen molar-refractivity contribution in [3.05, 3.63) is 64.5 Å². The number of hydrogen-bond donors (Lipinski definition) is 1. The zero-order valence-electron chi connectivity index (χ0n) is 16.3. The maximum Gasteiger partial charge on any atom is 0.420 e. The number of anilines is 1. The number of carbonyl (C=O) groups is 1. The molecule has 0 radical (unpaired) electrons. The van der Waals surface area contributed by atoms with Gasteiger partial charge in [-0.2, -0.15) is 4.98 Å². The second kappa shape index (κ2) is 7.38. The van der Waals surface area contributed by atoms with Crippen molar-refractivity contribution >= 4 is 22.7 Å². The molecule has 29 heavy (non-hydrogen) atoms. The van der Waals surface area contributed by atoms with E-state index in [2.05, 4.69) is 15.5 Å². The van der Waals surface area contributed by atoms with Crippen LogP contribution in [0.3, 0.4) is 0 Å². The van der Waals surface area contributed by atoms with E-state index in [4.69, 9.17) is 8.94 Å². The normalized spacial score (nSPS) is 11.3. The zero-order chi connectivity index (χ0) is 20.5. The maximum absolute atomic E-state index is 12.0. The summed E-state index contributed by atoms with van der Waals surface area (Å²) in [6.07, 6.45) is 0.467. The van der Waals surface area contributed by atoms with Crippen molar-refractivity contribution in [3.8, 4) is 11.4 Å². The van der Waals surface area contributed by atoms with Crippen molar-refractivity contribution < 1.29 is 13.7 Å². The molecule has 1 N–H and O–H groups in total. The Hall–Kier alpha value is -3.68. The van der Waals surface area contributed by atoms with Crippen molar-refractivity contribution in [2.75, 3.05) is 5.32 Å². The van der Waals surface area contributed by atoms with Gasteiger partial charge in [-0.25, -0.2) is 4.79 Å². The molecule has 0 fully saturated rings. The van der Waals surface area contributed by atoms with Gasteiger partial charge in [-0.15, -0.1) is 0 Å². The fraction of sp³-hybridized carbons (Fsp3) is 0.238. The van der Waals surface area contributed by atoms with Crippen molar-refractivity contribution in [1.29, 1.82) is 0 Å². The predicted octanol–water partition coefficient (Wildman–Crippen LogP) is 3.77. The van der Waals surface area contributed by atoms with Crippen molar-refractivity contribution in [2.24, 2.45) is 0 Å². The lowest BCUT2D eigenvalue weighted by Gasteiger charge is -2.04. The highest BCUT2D eigenvalue weighted by Crippen LogP contribution is 2.24. The van der Waals surface area contributed by atoms with Crippen LogP contribution in [-0.4, -0.2) is 20.6 Å². The first kappa shape index (κ1) is 18.7. The molecule has 0 saturated heterocycles. The second-order valence-corrected chi connectivity index (χ2v) is 7.08. The summed E-state index contributed by atoms with van der Waals surface area (Å²) in [5.41, 5.74) is 3.64. The molecule has 0 atom stereocenters. The average molecular weight is 392 g/mol. The Morgan fingerprint density at radius 1 is 1.17 bits per heavy atom. The van der Waals surface area contributed by atoms with E-state index in [1.807, 2.05) is 50.2 Å². The Kier molecular flexibility index (Phi) is 4.75. The quantitative estimate of drug-likeness (QED) is 0.554. The van der Waals surface area contributed by atoms with E-state index in [9.17, 15) is 9.59 Å². The Morgan fingerprint density at radius 2 is 1.93 bits per heavy atom. The van der Waals surface area contributed by atoms with Crippen LogP contribution in [-0.2, 0) is 11.2 Å². The number of nitrogens with one attached hydrogen (secondary N) is 1. The van der Waals surface area contributed by atoms with Crippen molar-refractivity contribution in [3.63, 3.8) is 0 Å². The molecule has 2 aromatic heterocycles. The van der Waals surface area contributed by atoms with Gasteiger partial charge in [0.2, 0.25) is 17.6 Å². The van der Waals surface area contributed by atoms with Crippen LogP contribution in [0, 0.1) is 0 Å². The molecule has 2 aromatic carbocycles. The van der Waals surface area contributed by atoms with Crippen LogP contribution in [0.2, 0.25) is 0 Å². The highest BCUT2D eigenvalue weighted by Gasteiger charge is 2.15. The van der Waals surface area contributed by atoms with Crippen LogP contribution >= 0.6 is 0 Å². The number of amides is 1. The number of hydrogen-bond acceptors (Lipinski definition) is 6. The van der Waals surface area contributed by atoms with E-state index in [0.717, 1.165) is 16.8 Å². The van der Waals surface area contributed by atoms with Gasteiger partial charge < -0.3 is 14.3 Å². The number of fused-ring (bicyclic) bond motifs is 1. The third kappa shape index (κ3) is 3.82. The molecule has 148 valence electrons. The van der Waals surface area contributed by atoms with Crippen LogP contribution in [0.25, 0.3) is 22.5 Å². The molecule has 0 aliphatic heterocycles. The van der Waals surface area contributed by atoms with Crippen LogP contribution in [0.4, 0.5) is 5.69 Å². The SMILES string of the molecule is CC(=O)Nc1ccc(Cc2nc(-c3ccc4c(c3)oc(=O)n4C(C)C)no2)cc1. The molecule has 8 nitrogen and oxygen atoms in total. The van der Waals surface area contributed by atoms with Gasteiger partial charge in [0.05, 0.1) is 11.9 Å². The highest BCUT2D eigenvalue weighted by molar-refractivity contribution is 5.88. The molecule has 0 saturated carbocycles. The number of oxazole rings is 1. The van der Waals surface area contributed by atoms with Crippen LogP contribution in [0.15, 0.2) is 56.2 Å². The van der Waals surface area contributed by atoms with Gasteiger partial charge in [0.15, 0.2) is 5.58 Å². The summed E-state index contributed by atoms with van der Waals surface area (Å²) in [7, 11) is 0. The van der Waals surface area contributed by atoms with Gasteiger partial charge >= 0.3 is 5.76 Å². The lowest BCUT2D eigenvalue weighted by Crippen LogP contribution is -2.15. The molecule has 4 aromatic rings. The minimum Gasteiger partial charge on any atom is -0.408 e. The monoisotopic (exact) mass is 392 g/mol. The van der Waals surface area contributed by atoms with E-state index < -0.39 is 0 Å². The molecule has 0 spiro atoms. The van der Waals surface area contributed by atoms with Crippen molar-refractivity contribution in [1.82, 2.24) is 14.7 Å². The predicted molar refractivity (Wildman–Crippen MR) is 108 cm³/mol. The van der Waals surface area contributed by atoms with Crippen molar-refractivity contribution in [2.45, 2.75) is 33.2 Å². The molecule has 0 bridgehead atoms. The van der Waals surface area contributed by atoms with E-state index in [-0.39, 0.29) is 17.7 Å². The molecule has 0 aliphatic rings. The molecular formula is C21H20N4O4. The van der Waals surface area contributed by atoms with Crippen LogP contribution in [0.5, 0.6) is 0 Å². The maximum atomic E-state index is 12.0. The minimum absolute atomic E-state index is 0.00316. The molecule has 0 unspecified atom stereocenters. The zero-order valence-corrected chi connectivity index (χ0v) is 16.3. The molecule has 2 heterocycles. The third-order valence-corrected chi connectivity index (χ3v) is 4.49. The summed E-state index contributed by atoms with van der Waals surface area (Å²) in [6.45, 7) is 5.32. The molecule has 4 rings (SSSR count). The van der Waals surface area contributed by atoms with Crippen LogP contribution in [0.1, 0.15) is 38.3 Å². The summed E-state index contributed by atoms with van der Waals surface area (Å²) < 4.78 is 12.3. The number of benzene rings is 2. The van der Waals surface area contributed by atoms with E-state index in [1.165, 1.54) is 6.92 Å². The smallest absolute Gasteiger partial charge is 0.408 e. The summed E-state index contributed by atoms with van der Waals surface area (Å²) in [5.74, 6) is 0.393. The van der Waals surface area contributed by atoms with Gasteiger partial charge in [0, 0.05) is 24.2 Å². The summed E-state index contributed by atoms with van der Waals surface area (Å²) in [4.78, 5) is 27.6. The fourth-order valence-electron chi connectivity index (χ4n) is 3.19. The summed E-state index contributed by atoms with van der Waals surface area (Å²) >= 11 is 0.